The fourth-order valence-electron chi connectivity index (χ4n) is 2.34. The van der Waals surface area contributed by atoms with Crippen molar-refractivity contribution in [3.05, 3.63) is 24.3 Å². The molecule has 4 heteroatoms. The van der Waals surface area contributed by atoms with E-state index in [1.54, 1.807) is 24.3 Å². The van der Waals surface area contributed by atoms with Crippen LogP contribution in [0.1, 0.15) is 25.7 Å². The number of para-hydroxylation sites is 2. The van der Waals surface area contributed by atoms with Gasteiger partial charge in [0.25, 0.3) is 0 Å². The summed E-state index contributed by atoms with van der Waals surface area (Å²) >= 11 is 0. The molecule has 0 bridgehead atoms. The van der Waals surface area contributed by atoms with E-state index in [1.165, 1.54) is 0 Å². The van der Waals surface area contributed by atoms with Gasteiger partial charge in [-0.25, -0.2) is 0 Å². The number of hydrogen-bond acceptors (Lipinski definition) is 3. The molecule has 0 saturated heterocycles. The molecule has 0 unspecified atom stereocenters. The number of benzene rings is 1. The van der Waals surface area contributed by atoms with E-state index in [-0.39, 0.29) is 23.6 Å². The Morgan fingerprint density at radius 3 is 2.82 bits per heavy atom. The van der Waals surface area contributed by atoms with Crippen LogP contribution in [-0.2, 0) is 4.79 Å². The first-order valence-corrected chi connectivity index (χ1v) is 6.00. The Morgan fingerprint density at radius 2 is 2.18 bits per heavy atom. The SMILES string of the molecule is N[C@@H]1CCC[C@H]1CC(=O)Nc1ccccc1O. The number of carbonyl (C=O) groups excluding carboxylic acids is 1. The fraction of sp³-hybridized carbons (Fsp3) is 0.462. The van der Waals surface area contributed by atoms with E-state index in [0.717, 1.165) is 19.3 Å². The summed E-state index contributed by atoms with van der Waals surface area (Å²) in [5, 5.41) is 12.2. The summed E-state index contributed by atoms with van der Waals surface area (Å²) in [6.45, 7) is 0. The zero-order valence-electron chi connectivity index (χ0n) is 9.73. The number of nitrogens with two attached hydrogens (primary N) is 1. The van der Waals surface area contributed by atoms with Crippen molar-refractivity contribution in [1.82, 2.24) is 0 Å². The van der Waals surface area contributed by atoms with Crippen molar-refractivity contribution in [2.75, 3.05) is 5.32 Å². The highest BCUT2D eigenvalue weighted by Crippen LogP contribution is 2.28. The van der Waals surface area contributed by atoms with Crippen molar-refractivity contribution in [2.24, 2.45) is 11.7 Å². The van der Waals surface area contributed by atoms with Crippen LogP contribution in [0, 0.1) is 5.92 Å². The van der Waals surface area contributed by atoms with Gasteiger partial charge in [0.15, 0.2) is 0 Å². The molecule has 2 rings (SSSR count). The highest BCUT2D eigenvalue weighted by molar-refractivity contribution is 5.92. The summed E-state index contributed by atoms with van der Waals surface area (Å²) in [6.07, 6.45) is 3.58. The van der Waals surface area contributed by atoms with Gasteiger partial charge in [0.1, 0.15) is 5.75 Å². The lowest BCUT2D eigenvalue weighted by Crippen LogP contribution is -2.28. The number of carbonyl (C=O) groups is 1. The normalized spacial score (nSPS) is 23.6. The zero-order valence-corrected chi connectivity index (χ0v) is 9.73. The molecule has 1 amide bonds. The molecule has 1 saturated carbocycles. The van der Waals surface area contributed by atoms with Gasteiger partial charge >= 0.3 is 0 Å². The second-order valence-corrected chi connectivity index (χ2v) is 4.62. The summed E-state index contributed by atoms with van der Waals surface area (Å²) < 4.78 is 0. The molecule has 0 spiro atoms. The van der Waals surface area contributed by atoms with Crippen molar-refractivity contribution < 1.29 is 9.90 Å². The van der Waals surface area contributed by atoms with Gasteiger partial charge in [0.2, 0.25) is 5.91 Å². The second-order valence-electron chi connectivity index (χ2n) is 4.62. The number of rotatable bonds is 3. The monoisotopic (exact) mass is 234 g/mol. The molecule has 17 heavy (non-hydrogen) atoms. The number of phenolic OH excluding ortho intramolecular Hbond substituents is 1. The van der Waals surface area contributed by atoms with Gasteiger partial charge in [-0.15, -0.1) is 0 Å². The third-order valence-electron chi connectivity index (χ3n) is 3.34. The van der Waals surface area contributed by atoms with Crippen LogP contribution in [-0.4, -0.2) is 17.1 Å². The number of anilines is 1. The number of hydrogen-bond donors (Lipinski definition) is 3. The van der Waals surface area contributed by atoms with E-state index in [4.69, 9.17) is 5.73 Å². The minimum absolute atomic E-state index is 0.0751. The van der Waals surface area contributed by atoms with E-state index in [0.29, 0.717) is 12.1 Å². The summed E-state index contributed by atoms with van der Waals surface area (Å²) in [7, 11) is 0. The molecular weight excluding hydrogens is 216 g/mol. The Hall–Kier alpha value is -1.55. The molecule has 0 heterocycles. The van der Waals surface area contributed by atoms with Gasteiger partial charge in [0.05, 0.1) is 5.69 Å². The molecule has 1 aromatic rings. The topological polar surface area (TPSA) is 75.4 Å². The lowest BCUT2D eigenvalue weighted by molar-refractivity contribution is -0.117. The molecule has 1 fully saturated rings. The van der Waals surface area contributed by atoms with Crippen molar-refractivity contribution >= 4 is 11.6 Å². The third kappa shape index (κ3) is 2.97. The molecule has 0 aliphatic heterocycles. The van der Waals surface area contributed by atoms with Gasteiger partial charge in [0, 0.05) is 12.5 Å². The number of amides is 1. The molecule has 92 valence electrons. The maximum Gasteiger partial charge on any atom is 0.224 e. The van der Waals surface area contributed by atoms with E-state index in [9.17, 15) is 9.90 Å². The lowest BCUT2D eigenvalue weighted by atomic mass is 10.00. The predicted molar refractivity (Wildman–Crippen MR) is 66.7 cm³/mol. The Balaban J connectivity index is 1.91. The highest BCUT2D eigenvalue weighted by atomic mass is 16.3. The summed E-state index contributed by atoms with van der Waals surface area (Å²) in [6, 6.07) is 6.87. The average molecular weight is 234 g/mol. The first kappa shape index (κ1) is 11.9. The van der Waals surface area contributed by atoms with Gasteiger partial charge in [-0.1, -0.05) is 18.6 Å². The van der Waals surface area contributed by atoms with E-state index in [2.05, 4.69) is 5.32 Å². The van der Waals surface area contributed by atoms with Gasteiger partial charge in [-0.2, -0.15) is 0 Å². The van der Waals surface area contributed by atoms with Gasteiger partial charge in [-0.3, -0.25) is 4.79 Å². The van der Waals surface area contributed by atoms with Crippen LogP contribution in [0.2, 0.25) is 0 Å². The number of phenols is 1. The van der Waals surface area contributed by atoms with Crippen LogP contribution in [0.15, 0.2) is 24.3 Å². The smallest absolute Gasteiger partial charge is 0.224 e. The first-order valence-electron chi connectivity index (χ1n) is 6.00. The standard InChI is InChI=1S/C13H18N2O2/c14-10-5-3-4-9(10)8-13(17)15-11-6-1-2-7-12(11)16/h1-2,6-7,9-10,16H,3-5,8,14H2,(H,15,17)/t9-,10+/m0/s1. The Bertz CT molecular complexity index is 406. The minimum atomic E-state index is -0.0751. The van der Waals surface area contributed by atoms with Gasteiger partial charge in [-0.05, 0) is 30.9 Å². The lowest BCUT2D eigenvalue weighted by Gasteiger charge is -2.15. The zero-order chi connectivity index (χ0) is 12.3. The van der Waals surface area contributed by atoms with E-state index >= 15 is 0 Å². The van der Waals surface area contributed by atoms with Crippen molar-refractivity contribution in [1.29, 1.82) is 0 Å². The van der Waals surface area contributed by atoms with Crippen LogP contribution in [0.3, 0.4) is 0 Å². The third-order valence-corrected chi connectivity index (χ3v) is 3.34. The molecule has 0 aromatic heterocycles. The summed E-state index contributed by atoms with van der Waals surface area (Å²) in [5.41, 5.74) is 6.38. The molecule has 4 N–H and O–H groups in total. The van der Waals surface area contributed by atoms with Crippen molar-refractivity contribution in [3.8, 4) is 5.75 Å². The van der Waals surface area contributed by atoms with E-state index in [1.807, 2.05) is 0 Å². The Labute approximate surface area is 101 Å². The summed E-state index contributed by atoms with van der Waals surface area (Å²) in [5.74, 6) is 0.297. The van der Waals surface area contributed by atoms with Crippen LogP contribution in [0.5, 0.6) is 5.75 Å². The number of aromatic hydroxyl groups is 1. The summed E-state index contributed by atoms with van der Waals surface area (Å²) in [4.78, 5) is 11.8. The second kappa shape index (κ2) is 5.19. The molecule has 1 aliphatic carbocycles. The first-order chi connectivity index (χ1) is 8.16. The maximum atomic E-state index is 11.8. The molecular formula is C13H18N2O2. The van der Waals surface area contributed by atoms with Crippen LogP contribution >= 0.6 is 0 Å². The Kier molecular flexibility index (Phi) is 3.64. The van der Waals surface area contributed by atoms with E-state index < -0.39 is 0 Å². The van der Waals surface area contributed by atoms with Gasteiger partial charge < -0.3 is 16.2 Å². The number of nitrogens with one attached hydrogen (secondary N) is 1. The molecule has 0 radical (unpaired) electrons. The highest BCUT2D eigenvalue weighted by Gasteiger charge is 2.26. The Morgan fingerprint density at radius 1 is 1.41 bits per heavy atom. The van der Waals surface area contributed by atoms with Crippen LogP contribution < -0.4 is 11.1 Å². The average Bonchev–Trinajstić information content (AvgIpc) is 2.68. The molecule has 2 atom stereocenters. The van der Waals surface area contributed by atoms with Crippen LogP contribution in [0.4, 0.5) is 5.69 Å². The maximum absolute atomic E-state index is 11.8. The molecule has 1 aliphatic rings. The predicted octanol–water partition coefficient (Wildman–Crippen LogP) is 1.85. The largest absolute Gasteiger partial charge is 0.506 e. The molecule has 4 nitrogen and oxygen atoms in total. The molecule has 1 aromatic carbocycles. The minimum Gasteiger partial charge on any atom is -0.506 e. The van der Waals surface area contributed by atoms with Crippen molar-refractivity contribution in [3.63, 3.8) is 0 Å². The van der Waals surface area contributed by atoms with Crippen molar-refractivity contribution in [2.45, 2.75) is 31.7 Å². The fourth-order valence-corrected chi connectivity index (χ4v) is 2.34. The quantitative estimate of drug-likeness (QED) is 0.699. The van der Waals surface area contributed by atoms with Crippen LogP contribution in [0.25, 0.3) is 0 Å².